The van der Waals surface area contributed by atoms with Gasteiger partial charge in [-0.25, -0.2) is 4.98 Å². The third-order valence-electron chi connectivity index (χ3n) is 5.29. The Hall–Kier alpha value is -3.62. The molecule has 4 aromatic heterocycles. The molecule has 9 nitrogen and oxygen atoms in total. The standard InChI is InChI=1S/C20H21N7O2/c1-12-23-20(26-29-12)25-14-3-2-13(10-14)24-18-5-4-15(11-22-18)27-9-7-17-16(19(27)28)6-8-21-17/h4-9,11,13-14,21H,2-3,10H2,1H3,(H,22,24)(H,25,26)/t13-,14-/m0/s1. The van der Waals surface area contributed by atoms with Crippen molar-refractivity contribution in [2.75, 3.05) is 10.6 Å². The summed E-state index contributed by atoms with van der Waals surface area (Å²) in [5.41, 5.74) is 1.51. The third kappa shape index (κ3) is 3.46. The highest BCUT2D eigenvalue weighted by Crippen LogP contribution is 2.25. The van der Waals surface area contributed by atoms with Crippen molar-refractivity contribution in [3.05, 3.63) is 59.1 Å². The Kier molecular flexibility index (Phi) is 4.27. The zero-order valence-corrected chi connectivity index (χ0v) is 15.9. The lowest BCUT2D eigenvalue weighted by molar-refractivity contribution is 0.394. The maximum Gasteiger partial charge on any atom is 0.264 e. The molecule has 9 heteroatoms. The summed E-state index contributed by atoms with van der Waals surface area (Å²) in [6.07, 6.45) is 8.25. The van der Waals surface area contributed by atoms with E-state index in [4.69, 9.17) is 4.52 Å². The van der Waals surface area contributed by atoms with Gasteiger partial charge in [-0.1, -0.05) is 0 Å². The van der Waals surface area contributed by atoms with Crippen LogP contribution in [0.2, 0.25) is 0 Å². The molecule has 4 aromatic rings. The molecule has 0 spiro atoms. The van der Waals surface area contributed by atoms with Crippen molar-refractivity contribution < 1.29 is 4.52 Å². The summed E-state index contributed by atoms with van der Waals surface area (Å²) in [5, 5.41) is 11.3. The van der Waals surface area contributed by atoms with E-state index in [1.165, 1.54) is 0 Å². The molecule has 0 unspecified atom stereocenters. The van der Waals surface area contributed by atoms with Gasteiger partial charge < -0.3 is 20.1 Å². The van der Waals surface area contributed by atoms with E-state index in [1.807, 2.05) is 18.2 Å². The minimum Gasteiger partial charge on any atom is -0.367 e. The van der Waals surface area contributed by atoms with E-state index in [9.17, 15) is 4.79 Å². The molecule has 29 heavy (non-hydrogen) atoms. The van der Waals surface area contributed by atoms with Crippen molar-refractivity contribution in [1.82, 2.24) is 24.7 Å². The van der Waals surface area contributed by atoms with Gasteiger partial charge >= 0.3 is 0 Å². The van der Waals surface area contributed by atoms with E-state index in [0.717, 1.165) is 36.3 Å². The average molecular weight is 391 g/mol. The SMILES string of the molecule is Cc1nc(N[C@H]2CC[C@H](Nc3ccc(-n4ccc5[nH]ccc5c4=O)cn3)C2)no1. The maximum absolute atomic E-state index is 12.6. The summed E-state index contributed by atoms with van der Waals surface area (Å²) in [6, 6.07) is 8.11. The number of anilines is 2. The average Bonchev–Trinajstić information content (AvgIpc) is 3.45. The first-order chi connectivity index (χ1) is 14.2. The molecule has 0 amide bonds. The van der Waals surface area contributed by atoms with Crippen molar-refractivity contribution in [1.29, 1.82) is 0 Å². The predicted molar refractivity (Wildman–Crippen MR) is 109 cm³/mol. The molecule has 1 aliphatic rings. The zero-order chi connectivity index (χ0) is 19.8. The van der Waals surface area contributed by atoms with E-state index >= 15 is 0 Å². The molecular formula is C20H21N7O2. The number of aryl methyl sites for hydroxylation is 1. The molecule has 5 rings (SSSR count). The minimum atomic E-state index is -0.0623. The second-order valence-corrected chi connectivity index (χ2v) is 7.33. The fourth-order valence-electron chi connectivity index (χ4n) is 3.86. The Balaban J connectivity index is 1.25. The van der Waals surface area contributed by atoms with Crippen LogP contribution in [-0.4, -0.2) is 36.8 Å². The monoisotopic (exact) mass is 391 g/mol. The van der Waals surface area contributed by atoms with Crippen molar-refractivity contribution in [3.8, 4) is 5.69 Å². The molecule has 148 valence electrons. The molecule has 1 fully saturated rings. The lowest BCUT2D eigenvalue weighted by Gasteiger charge is -2.15. The zero-order valence-electron chi connectivity index (χ0n) is 15.9. The fraction of sp³-hybridized carbons (Fsp3) is 0.300. The van der Waals surface area contributed by atoms with E-state index in [1.54, 1.807) is 36.1 Å². The Bertz CT molecular complexity index is 1190. The van der Waals surface area contributed by atoms with Crippen molar-refractivity contribution in [3.63, 3.8) is 0 Å². The van der Waals surface area contributed by atoms with Crippen molar-refractivity contribution in [2.24, 2.45) is 0 Å². The maximum atomic E-state index is 12.6. The van der Waals surface area contributed by atoms with Crippen LogP contribution < -0.4 is 16.2 Å². The van der Waals surface area contributed by atoms with E-state index in [0.29, 0.717) is 29.3 Å². The molecule has 0 aliphatic heterocycles. The Morgan fingerprint density at radius 1 is 1.17 bits per heavy atom. The highest BCUT2D eigenvalue weighted by atomic mass is 16.5. The van der Waals surface area contributed by atoms with Crippen LogP contribution in [0.5, 0.6) is 0 Å². The van der Waals surface area contributed by atoms with Crippen LogP contribution in [0.1, 0.15) is 25.2 Å². The molecule has 3 N–H and O–H groups in total. The summed E-state index contributed by atoms with van der Waals surface area (Å²) in [5.74, 6) is 1.89. The van der Waals surface area contributed by atoms with Gasteiger partial charge in [-0.3, -0.25) is 9.36 Å². The predicted octanol–water partition coefficient (Wildman–Crippen LogP) is 2.85. The second-order valence-electron chi connectivity index (χ2n) is 7.33. The number of nitrogens with one attached hydrogen (secondary N) is 3. The number of aromatic nitrogens is 5. The number of pyridine rings is 2. The molecule has 4 heterocycles. The molecule has 0 saturated heterocycles. The van der Waals surface area contributed by atoms with Crippen LogP contribution in [-0.2, 0) is 0 Å². The summed E-state index contributed by atoms with van der Waals surface area (Å²) in [4.78, 5) is 24.4. The first-order valence-electron chi connectivity index (χ1n) is 9.64. The lowest BCUT2D eigenvalue weighted by atomic mass is 10.2. The quantitative estimate of drug-likeness (QED) is 0.479. The number of hydrogen-bond donors (Lipinski definition) is 3. The molecule has 0 bridgehead atoms. The third-order valence-corrected chi connectivity index (χ3v) is 5.29. The van der Waals surface area contributed by atoms with Gasteiger partial charge in [-0.05, 0) is 48.7 Å². The van der Waals surface area contributed by atoms with Crippen LogP contribution >= 0.6 is 0 Å². The Morgan fingerprint density at radius 2 is 2.03 bits per heavy atom. The van der Waals surface area contributed by atoms with Gasteiger partial charge in [0.1, 0.15) is 5.82 Å². The molecule has 1 saturated carbocycles. The van der Waals surface area contributed by atoms with Gasteiger partial charge in [0.2, 0.25) is 5.89 Å². The largest absolute Gasteiger partial charge is 0.367 e. The van der Waals surface area contributed by atoms with Crippen LogP contribution in [0.15, 0.2) is 52.2 Å². The number of hydrogen-bond acceptors (Lipinski definition) is 7. The molecule has 0 aromatic carbocycles. The van der Waals surface area contributed by atoms with Gasteiger partial charge in [0, 0.05) is 31.4 Å². The van der Waals surface area contributed by atoms with E-state index in [2.05, 4.69) is 30.7 Å². The summed E-state index contributed by atoms with van der Waals surface area (Å²) in [7, 11) is 0. The first-order valence-corrected chi connectivity index (χ1v) is 9.64. The van der Waals surface area contributed by atoms with E-state index in [-0.39, 0.29) is 5.56 Å². The molecule has 1 aliphatic carbocycles. The molecular weight excluding hydrogens is 370 g/mol. The number of fused-ring (bicyclic) bond motifs is 1. The molecule has 2 atom stereocenters. The lowest BCUT2D eigenvalue weighted by Crippen LogP contribution is -2.22. The summed E-state index contributed by atoms with van der Waals surface area (Å²) >= 11 is 0. The number of nitrogens with zero attached hydrogens (tertiary/aromatic N) is 4. The second kappa shape index (κ2) is 7.08. The topological polar surface area (TPSA) is 114 Å². The van der Waals surface area contributed by atoms with Crippen molar-refractivity contribution in [2.45, 2.75) is 38.3 Å². The van der Waals surface area contributed by atoms with Crippen LogP contribution in [0.4, 0.5) is 11.8 Å². The Labute approximate surface area is 166 Å². The van der Waals surface area contributed by atoms with Gasteiger partial charge in [0.15, 0.2) is 0 Å². The fourth-order valence-corrected chi connectivity index (χ4v) is 3.86. The normalized spacial score (nSPS) is 18.9. The van der Waals surface area contributed by atoms with Crippen LogP contribution in [0.3, 0.4) is 0 Å². The van der Waals surface area contributed by atoms with Crippen molar-refractivity contribution >= 4 is 22.7 Å². The first kappa shape index (κ1) is 17.5. The van der Waals surface area contributed by atoms with E-state index < -0.39 is 0 Å². The summed E-state index contributed by atoms with van der Waals surface area (Å²) in [6.45, 7) is 1.77. The minimum absolute atomic E-state index is 0.0623. The van der Waals surface area contributed by atoms with Gasteiger partial charge in [-0.15, -0.1) is 0 Å². The highest BCUT2D eigenvalue weighted by Gasteiger charge is 2.25. The van der Waals surface area contributed by atoms with Crippen LogP contribution in [0, 0.1) is 6.92 Å². The van der Waals surface area contributed by atoms with Gasteiger partial charge in [0.05, 0.1) is 22.8 Å². The number of H-pyrrole nitrogens is 1. The Morgan fingerprint density at radius 3 is 2.79 bits per heavy atom. The highest BCUT2D eigenvalue weighted by molar-refractivity contribution is 5.78. The number of rotatable bonds is 5. The number of aromatic amines is 1. The smallest absolute Gasteiger partial charge is 0.264 e. The van der Waals surface area contributed by atoms with Crippen LogP contribution in [0.25, 0.3) is 16.6 Å². The van der Waals surface area contributed by atoms with Gasteiger partial charge in [0.25, 0.3) is 11.5 Å². The van der Waals surface area contributed by atoms with Gasteiger partial charge in [-0.2, -0.15) is 4.98 Å². The summed E-state index contributed by atoms with van der Waals surface area (Å²) < 4.78 is 6.60. The molecule has 0 radical (unpaired) electrons.